The molecule has 0 aliphatic heterocycles. The summed E-state index contributed by atoms with van der Waals surface area (Å²) in [6, 6.07) is 13.6. The van der Waals surface area contributed by atoms with Crippen LogP contribution < -0.4 is 10.1 Å². The number of ketones is 1. The summed E-state index contributed by atoms with van der Waals surface area (Å²) in [6.45, 7) is 2.33. The third-order valence-corrected chi connectivity index (χ3v) is 3.97. The van der Waals surface area contributed by atoms with Crippen LogP contribution in [-0.2, 0) is 11.2 Å². The van der Waals surface area contributed by atoms with E-state index in [-0.39, 0.29) is 17.3 Å². The molecule has 2 aromatic rings. The molecule has 6 heteroatoms. The number of Topliss-reactive ketones (excluding diaryl/α,β-unsaturated/α-hetero) is 1. The van der Waals surface area contributed by atoms with E-state index in [1.54, 1.807) is 36.4 Å². The summed E-state index contributed by atoms with van der Waals surface area (Å²) >= 11 is 0. The van der Waals surface area contributed by atoms with Crippen LogP contribution in [0.2, 0.25) is 0 Å². The fraction of sp³-hybridized carbons (Fsp3) is 0.286. The Bertz CT molecular complexity index is 816. The molecule has 142 valence electrons. The second-order valence-electron chi connectivity index (χ2n) is 6.14. The first-order valence-electron chi connectivity index (χ1n) is 8.78. The highest BCUT2D eigenvalue weighted by atomic mass is 16.5. The Kier molecular flexibility index (Phi) is 7.55. The van der Waals surface area contributed by atoms with Gasteiger partial charge in [-0.2, -0.15) is 0 Å². The van der Waals surface area contributed by atoms with E-state index in [0.29, 0.717) is 43.7 Å². The first-order valence-corrected chi connectivity index (χ1v) is 8.78. The molecule has 6 nitrogen and oxygen atoms in total. The van der Waals surface area contributed by atoms with E-state index in [4.69, 9.17) is 9.84 Å². The van der Waals surface area contributed by atoms with E-state index in [1.165, 1.54) is 13.0 Å². The molecule has 2 N–H and O–H groups in total. The lowest BCUT2D eigenvalue weighted by molar-refractivity contribution is -0.121. The average molecular weight is 369 g/mol. The highest BCUT2D eigenvalue weighted by Gasteiger charge is 2.05. The maximum Gasteiger partial charge on any atom is 0.335 e. The van der Waals surface area contributed by atoms with Crippen LogP contribution in [0.15, 0.2) is 48.5 Å². The Morgan fingerprint density at radius 2 is 1.78 bits per heavy atom. The molecule has 0 radical (unpaired) electrons. The second-order valence-corrected chi connectivity index (χ2v) is 6.14. The molecule has 2 rings (SSSR count). The molecule has 0 atom stereocenters. The van der Waals surface area contributed by atoms with Crippen LogP contribution >= 0.6 is 0 Å². The Labute approximate surface area is 158 Å². The molecule has 0 saturated carbocycles. The van der Waals surface area contributed by atoms with Crippen molar-refractivity contribution in [3.8, 4) is 5.75 Å². The zero-order valence-electron chi connectivity index (χ0n) is 15.2. The van der Waals surface area contributed by atoms with Crippen molar-refractivity contribution in [2.75, 3.05) is 13.2 Å². The predicted molar refractivity (Wildman–Crippen MR) is 101 cm³/mol. The van der Waals surface area contributed by atoms with Gasteiger partial charge in [-0.05, 0) is 49.6 Å². The Morgan fingerprint density at radius 1 is 1.04 bits per heavy atom. The number of carbonyl (C=O) groups excluding carboxylic acids is 2. The highest BCUT2D eigenvalue weighted by Crippen LogP contribution is 2.14. The number of nitrogens with one attached hydrogen (secondary N) is 1. The van der Waals surface area contributed by atoms with Crippen molar-refractivity contribution in [1.29, 1.82) is 0 Å². The van der Waals surface area contributed by atoms with Gasteiger partial charge in [0.25, 0.3) is 0 Å². The molecule has 27 heavy (non-hydrogen) atoms. The molecule has 0 fully saturated rings. The van der Waals surface area contributed by atoms with Crippen LogP contribution in [0.25, 0.3) is 0 Å². The molecular formula is C21H23NO5. The van der Waals surface area contributed by atoms with Gasteiger partial charge in [0.05, 0.1) is 12.2 Å². The zero-order valence-corrected chi connectivity index (χ0v) is 15.2. The molecule has 0 unspecified atom stereocenters. The van der Waals surface area contributed by atoms with Crippen LogP contribution in [0, 0.1) is 0 Å². The molecular weight excluding hydrogens is 346 g/mol. The van der Waals surface area contributed by atoms with Gasteiger partial charge in [-0.1, -0.05) is 24.3 Å². The van der Waals surface area contributed by atoms with Crippen LogP contribution in [0.3, 0.4) is 0 Å². The normalized spacial score (nSPS) is 10.3. The largest absolute Gasteiger partial charge is 0.494 e. The summed E-state index contributed by atoms with van der Waals surface area (Å²) in [7, 11) is 0. The van der Waals surface area contributed by atoms with Crippen molar-refractivity contribution in [2.45, 2.75) is 26.2 Å². The Hall–Kier alpha value is -3.15. The van der Waals surface area contributed by atoms with E-state index in [0.717, 1.165) is 5.56 Å². The summed E-state index contributed by atoms with van der Waals surface area (Å²) in [5.74, 6) is -0.449. The summed E-state index contributed by atoms with van der Waals surface area (Å²) < 4.78 is 5.57. The smallest absolute Gasteiger partial charge is 0.335 e. The number of carbonyl (C=O) groups is 3. The molecule has 0 aliphatic rings. The molecule has 0 spiro atoms. The average Bonchev–Trinajstić information content (AvgIpc) is 2.65. The van der Waals surface area contributed by atoms with Crippen LogP contribution in [0.4, 0.5) is 0 Å². The Balaban J connectivity index is 1.65. The fourth-order valence-electron chi connectivity index (χ4n) is 2.52. The van der Waals surface area contributed by atoms with Gasteiger partial charge in [0.2, 0.25) is 5.91 Å². The lowest BCUT2D eigenvalue weighted by Gasteiger charge is -2.08. The first kappa shape index (κ1) is 20.2. The lowest BCUT2D eigenvalue weighted by Crippen LogP contribution is -2.25. The Morgan fingerprint density at radius 3 is 2.52 bits per heavy atom. The van der Waals surface area contributed by atoms with Gasteiger partial charge in [0.1, 0.15) is 5.75 Å². The number of carboxylic acid groups (broad SMARTS) is 1. The number of benzene rings is 2. The second kappa shape index (κ2) is 10.1. The van der Waals surface area contributed by atoms with E-state index >= 15 is 0 Å². The standard InChI is InChI=1S/C21H23NO5/c1-15(23)17-6-3-8-19(14-17)27-12-4-9-20(24)22-11-10-16-5-2-7-18(13-16)21(25)26/h2-3,5-8,13-14H,4,9-12H2,1H3,(H,22,24)(H,25,26). The van der Waals surface area contributed by atoms with Gasteiger partial charge in [0, 0.05) is 18.5 Å². The van der Waals surface area contributed by atoms with Crippen molar-refractivity contribution >= 4 is 17.7 Å². The molecule has 0 aliphatic carbocycles. The fourth-order valence-corrected chi connectivity index (χ4v) is 2.52. The van der Waals surface area contributed by atoms with Gasteiger partial charge in [0.15, 0.2) is 5.78 Å². The summed E-state index contributed by atoms with van der Waals surface area (Å²) in [5.41, 5.74) is 1.70. The molecule has 0 aromatic heterocycles. The molecule has 2 aromatic carbocycles. The van der Waals surface area contributed by atoms with Gasteiger partial charge < -0.3 is 15.2 Å². The molecule has 1 amide bonds. The maximum atomic E-state index is 11.9. The van der Waals surface area contributed by atoms with Gasteiger partial charge >= 0.3 is 5.97 Å². The number of carboxylic acids is 1. The van der Waals surface area contributed by atoms with Crippen molar-refractivity contribution < 1.29 is 24.2 Å². The minimum Gasteiger partial charge on any atom is -0.494 e. The number of amides is 1. The third kappa shape index (κ3) is 6.93. The maximum absolute atomic E-state index is 11.9. The topological polar surface area (TPSA) is 92.7 Å². The summed E-state index contributed by atoms with van der Waals surface area (Å²) in [5, 5.41) is 11.8. The SMILES string of the molecule is CC(=O)c1cccc(OCCCC(=O)NCCc2cccc(C(=O)O)c2)c1. The van der Waals surface area contributed by atoms with Gasteiger partial charge in [-0.3, -0.25) is 9.59 Å². The quantitative estimate of drug-likeness (QED) is 0.496. The van der Waals surface area contributed by atoms with Gasteiger partial charge in [-0.15, -0.1) is 0 Å². The van der Waals surface area contributed by atoms with E-state index in [9.17, 15) is 14.4 Å². The predicted octanol–water partition coefficient (Wildman–Crippen LogP) is 3.11. The van der Waals surface area contributed by atoms with Crippen molar-refractivity contribution in [2.24, 2.45) is 0 Å². The summed E-state index contributed by atoms with van der Waals surface area (Å²) in [4.78, 5) is 34.1. The third-order valence-electron chi connectivity index (χ3n) is 3.97. The van der Waals surface area contributed by atoms with Crippen molar-refractivity contribution in [1.82, 2.24) is 5.32 Å². The number of hydrogen-bond acceptors (Lipinski definition) is 4. The number of aromatic carboxylic acids is 1. The number of hydrogen-bond donors (Lipinski definition) is 2. The minimum absolute atomic E-state index is 0.0197. The molecule has 0 bridgehead atoms. The van der Waals surface area contributed by atoms with Crippen LogP contribution in [0.1, 0.15) is 46.0 Å². The van der Waals surface area contributed by atoms with Crippen LogP contribution in [-0.4, -0.2) is 35.9 Å². The van der Waals surface area contributed by atoms with Gasteiger partial charge in [-0.25, -0.2) is 4.79 Å². The zero-order chi connectivity index (χ0) is 19.6. The number of ether oxygens (including phenoxy) is 1. The first-order chi connectivity index (χ1) is 13.0. The van der Waals surface area contributed by atoms with E-state index in [1.807, 2.05) is 6.07 Å². The van der Waals surface area contributed by atoms with E-state index in [2.05, 4.69) is 5.32 Å². The minimum atomic E-state index is -0.963. The lowest BCUT2D eigenvalue weighted by atomic mass is 10.1. The van der Waals surface area contributed by atoms with Crippen molar-refractivity contribution in [3.63, 3.8) is 0 Å². The monoisotopic (exact) mass is 369 g/mol. The number of rotatable bonds is 10. The molecule has 0 heterocycles. The highest BCUT2D eigenvalue weighted by molar-refractivity contribution is 5.94. The molecule has 0 saturated heterocycles. The van der Waals surface area contributed by atoms with Crippen LogP contribution in [0.5, 0.6) is 5.75 Å². The van der Waals surface area contributed by atoms with E-state index < -0.39 is 5.97 Å². The van der Waals surface area contributed by atoms with Crippen molar-refractivity contribution in [3.05, 3.63) is 65.2 Å². The summed E-state index contributed by atoms with van der Waals surface area (Å²) in [6.07, 6.45) is 1.47.